The number of fused-ring (bicyclic) bond motifs is 1. The molecule has 2 aliphatic heterocycles. The first kappa shape index (κ1) is 21.7. The minimum atomic E-state index is -0.0704. The topological polar surface area (TPSA) is 70.7 Å². The lowest BCUT2D eigenvalue weighted by Crippen LogP contribution is -2.41. The fourth-order valence-electron chi connectivity index (χ4n) is 4.95. The molecule has 1 saturated heterocycles. The van der Waals surface area contributed by atoms with Crippen molar-refractivity contribution >= 4 is 23.2 Å². The normalized spacial score (nSPS) is 20.7. The zero-order valence-electron chi connectivity index (χ0n) is 18.9. The van der Waals surface area contributed by atoms with E-state index in [-0.39, 0.29) is 23.9 Å². The molecule has 2 heterocycles. The summed E-state index contributed by atoms with van der Waals surface area (Å²) in [7, 11) is 0. The second-order valence-electron chi connectivity index (χ2n) is 9.23. The van der Waals surface area contributed by atoms with Gasteiger partial charge in [-0.3, -0.25) is 4.79 Å². The van der Waals surface area contributed by atoms with E-state index in [9.17, 15) is 9.59 Å². The van der Waals surface area contributed by atoms with Crippen LogP contribution in [0, 0.1) is 5.92 Å². The molecule has 2 N–H and O–H groups in total. The molecule has 1 atom stereocenters. The molecule has 2 aromatic carbocycles. The van der Waals surface area contributed by atoms with Crippen LogP contribution in [0.2, 0.25) is 0 Å². The van der Waals surface area contributed by atoms with Gasteiger partial charge in [-0.05, 0) is 66.5 Å². The predicted octanol–water partition coefficient (Wildman–Crippen LogP) is 4.71. The van der Waals surface area contributed by atoms with Crippen LogP contribution in [-0.4, -0.2) is 36.1 Å². The molecule has 0 saturated carbocycles. The van der Waals surface area contributed by atoms with E-state index in [4.69, 9.17) is 4.74 Å². The number of carbonyl (C=O) groups excluding carboxylic acids is 2. The maximum atomic E-state index is 12.7. The Hall–Kier alpha value is -3.12. The number of hydrogen-bond donors (Lipinski definition) is 2. The number of ether oxygens (including phenoxy) is 1. The van der Waals surface area contributed by atoms with E-state index in [1.807, 2.05) is 29.2 Å². The molecule has 3 amide bonds. The zero-order valence-corrected chi connectivity index (χ0v) is 18.9. The Morgan fingerprint density at radius 2 is 1.61 bits per heavy atom. The average Bonchev–Trinajstić information content (AvgIpc) is 3.30. The lowest BCUT2D eigenvalue weighted by molar-refractivity contribution is -0.128. The third kappa shape index (κ3) is 5.11. The van der Waals surface area contributed by atoms with Crippen molar-refractivity contribution in [2.45, 2.75) is 51.2 Å². The van der Waals surface area contributed by atoms with Crippen LogP contribution in [0.15, 0.2) is 54.6 Å². The molecular weight excluding hydrogens is 414 g/mol. The van der Waals surface area contributed by atoms with Crippen molar-refractivity contribution in [3.63, 3.8) is 0 Å². The number of anilines is 1. The summed E-state index contributed by atoms with van der Waals surface area (Å²) in [6, 6.07) is 16.4. The second-order valence-corrected chi connectivity index (χ2v) is 9.23. The molecule has 0 spiro atoms. The fraction of sp³-hybridized carbons (Fsp3) is 0.407. The number of rotatable bonds is 4. The highest BCUT2D eigenvalue weighted by molar-refractivity contribution is 5.90. The number of allylic oxidation sites excluding steroid dienone is 1. The maximum absolute atomic E-state index is 12.7. The van der Waals surface area contributed by atoms with Crippen molar-refractivity contribution in [1.82, 2.24) is 10.2 Å². The smallest absolute Gasteiger partial charge is 0.322 e. The Labute approximate surface area is 195 Å². The van der Waals surface area contributed by atoms with Crippen LogP contribution < -0.4 is 10.6 Å². The first-order chi connectivity index (χ1) is 16.2. The Balaban J connectivity index is 1.12. The van der Waals surface area contributed by atoms with E-state index in [0.29, 0.717) is 26.3 Å². The minimum Gasteiger partial charge on any atom is -0.381 e. The molecule has 6 nitrogen and oxygen atoms in total. The molecule has 6 heteroatoms. The molecule has 33 heavy (non-hydrogen) atoms. The molecule has 0 radical (unpaired) electrons. The summed E-state index contributed by atoms with van der Waals surface area (Å²) >= 11 is 0. The standard InChI is InChI=1S/C27H31N3O3/c31-26(21-13-15-33-16-14-21)28-24-9-5-19(6-10-24)20-7-11-25(12-8-20)29-27(32)30-17-22-3-1-2-4-23(22)18-30/h1-5,7-8,11-12,21,24H,6,9-10,13-18H2,(H,28,31)(H,29,32). The van der Waals surface area contributed by atoms with Crippen LogP contribution in [0.4, 0.5) is 10.5 Å². The van der Waals surface area contributed by atoms with Gasteiger partial charge in [0.25, 0.3) is 0 Å². The molecule has 172 valence electrons. The Morgan fingerprint density at radius 1 is 0.909 bits per heavy atom. The third-order valence-electron chi connectivity index (χ3n) is 6.98. The Bertz CT molecular complexity index is 1020. The molecule has 1 fully saturated rings. The molecule has 0 aromatic heterocycles. The van der Waals surface area contributed by atoms with E-state index >= 15 is 0 Å². The van der Waals surface area contributed by atoms with Gasteiger partial charge in [0.05, 0.1) is 0 Å². The first-order valence-corrected chi connectivity index (χ1v) is 12.0. The van der Waals surface area contributed by atoms with Gasteiger partial charge in [-0.1, -0.05) is 42.5 Å². The summed E-state index contributed by atoms with van der Waals surface area (Å²) < 4.78 is 5.36. The first-order valence-electron chi connectivity index (χ1n) is 12.0. The lowest BCUT2D eigenvalue weighted by Gasteiger charge is -2.27. The summed E-state index contributed by atoms with van der Waals surface area (Å²) in [6.45, 7) is 2.68. The molecular formula is C27H31N3O3. The van der Waals surface area contributed by atoms with Crippen LogP contribution in [0.5, 0.6) is 0 Å². The zero-order chi connectivity index (χ0) is 22.6. The molecule has 1 aliphatic carbocycles. The highest BCUT2D eigenvalue weighted by Gasteiger charge is 2.25. The highest BCUT2D eigenvalue weighted by Crippen LogP contribution is 2.29. The number of hydrogen-bond acceptors (Lipinski definition) is 3. The van der Waals surface area contributed by atoms with E-state index in [2.05, 4.69) is 41.0 Å². The number of carbonyl (C=O) groups is 2. The van der Waals surface area contributed by atoms with E-state index < -0.39 is 0 Å². The van der Waals surface area contributed by atoms with Gasteiger partial charge in [0, 0.05) is 44.0 Å². The number of benzene rings is 2. The van der Waals surface area contributed by atoms with E-state index in [1.54, 1.807) is 0 Å². The average molecular weight is 446 g/mol. The lowest BCUT2D eigenvalue weighted by atomic mass is 9.90. The van der Waals surface area contributed by atoms with Crippen molar-refractivity contribution < 1.29 is 14.3 Å². The maximum Gasteiger partial charge on any atom is 0.322 e. The van der Waals surface area contributed by atoms with Gasteiger partial charge in [-0.15, -0.1) is 0 Å². The largest absolute Gasteiger partial charge is 0.381 e. The Morgan fingerprint density at radius 3 is 2.24 bits per heavy atom. The van der Waals surface area contributed by atoms with Gasteiger partial charge >= 0.3 is 6.03 Å². The molecule has 0 bridgehead atoms. The van der Waals surface area contributed by atoms with Crippen molar-refractivity contribution in [3.05, 3.63) is 71.3 Å². The second kappa shape index (κ2) is 9.79. The van der Waals surface area contributed by atoms with Crippen LogP contribution in [-0.2, 0) is 22.6 Å². The van der Waals surface area contributed by atoms with Crippen molar-refractivity contribution in [3.8, 4) is 0 Å². The summed E-state index contributed by atoms with van der Waals surface area (Å²) in [4.78, 5) is 27.0. The van der Waals surface area contributed by atoms with Crippen molar-refractivity contribution in [2.75, 3.05) is 18.5 Å². The van der Waals surface area contributed by atoms with E-state index in [1.165, 1.54) is 22.3 Å². The minimum absolute atomic E-state index is 0.0704. The SMILES string of the molecule is O=C(NC1CC=C(c2ccc(NC(=O)N3Cc4ccccc4C3)cc2)CC1)C1CCOCC1. The third-order valence-corrected chi connectivity index (χ3v) is 6.98. The van der Waals surface area contributed by atoms with Gasteiger partial charge in [-0.25, -0.2) is 4.79 Å². The van der Waals surface area contributed by atoms with Crippen LogP contribution in [0.3, 0.4) is 0 Å². The van der Waals surface area contributed by atoms with Gasteiger partial charge in [0.1, 0.15) is 0 Å². The molecule has 3 aliphatic rings. The Kier molecular flexibility index (Phi) is 6.44. The molecule has 1 unspecified atom stereocenters. The van der Waals surface area contributed by atoms with E-state index in [0.717, 1.165) is 37.8 Å². The number of amides is 3. The molecule has 5 rings (SSSR count). The summed E-state index contributed by atoms with van der Waals surface area (Å²) in [5, 5.41) is 6.25. The predicted molar refractivity (Wildman–Crippen MR) is 128 cm³/mol. The monoisotopic (exact) mass is 445 g/mol. The number of urea groups is 1. The van der Waals surface area contributed by atoms with Gasteiger partial charge in [0.15, 0.2) is 0 Å². The summed E-state index contributed by atoms with van der Waals surface area (Å²) in [6.07, 6.45) is 6.65. The van der Waals surface area contributed by atoms with Gasteiger partial charge in [-0.2, -0.15) is 0 Å². The van der Waals surface area contributed by atoms with Crippen LogP contribution in [0.25, 0.3) is 5.57 Å². The number of nitrogens with one attached hydrogen (secondary N) is 2. The van der Waals surface area contributed by atoms with Crippen molar-refractivity contribution in [2.24, 2.45) is 5.92 Å². The van der Waals surface area contributed by atoms with Crippen LogP contribution >= 0.6 is 0 Å². The van der Waals surface area contributed by atoms with Crippen molar-refractivity contribution in [1.29, 1.82) is 0 Å². The highest BCUT2D eigenvalue weighted by atomic mass is 16.5. The molecule has 2 aromatic rings. The van der Waals surface area contributed by atoms with Crippen LogP contribution in [0.1, 0.15) is 48.8 Å². The number of nitrogens with zero attached hydrogens (tertiary/aromatic N) is 1. The van der Waals surface area contributed by atoms with Gasteiger partial charge in [0.2, 0.25) is 5.91 Å². The quantitative estimate of drug-likeness (QED) is 0.716. The summed E-state index contributed by atoms with van der Waals surface area (Å²) in [5.41, 5.74) is 5.72. The summed E-state index contributed by atoms with van der Waals surface area (Å²) in [5.74, 6) is 0.281. The fourth-order valence-corrected chi connectivity index (χ4v) is 4.95. The van der Waals surface area contributed by atoms with Gasteiger partial charge < -0.3 is 20.3 Å².